The third kappa shape index (κ3) is 2.13. The molecule has 5 nitrogen and oxygen atoms in total. The highest BCUT2D eigenvalue weighted by atomic mass is 16.5. The number of aromatic nitrogens is 3. The van der Waals surface area contributed by atoms with E-state index in [0.29, 0.717) is 23.7 Å². The first-order chi connectivity index (χ1) is 8.13. The molecule has 5 heteroatoms. The topological polar surface area (TPSA) is 56.5 Å². The van der Waals surface area contributed by atoms with Gasteiger partial charge >= 0.3 is 5.97 Å². The molecule has 0 amide bonds. The van der Waals surface area contributed by atoms with Gasteiger partial charge in [-0.2, -0.15) is 5.10 Å². The summed E-state index contributed by atoms with van der Waals surface area (Å²) in [5, 5.41) is 4.08. The number of hydrogen-bond donors (Lipinski definition) is 0. The molecule has 0 aromatic carbocycles. The standard InChI is InChI=1S/C12H15N3O2/c1-4-17-12(16)9-7-13-15-6-5-10(8(2)3)14-11(9)15/h5-8H,4H2,1-3H3. The van der Waals surface area contributed by atoms with Crippen molar-refractivity contribution in [2.24, 2.45) is 0 Å². The van der Waals surface area contributed by atoms with Crippen LogP contribution in [-0.4, -0.2) is 27.2 Å². The van der Waals surface area contributed by atoms with Gasteiger partial charge in [-0.3, -0.25) is 0 Å². The Balaban J connectivity index is 2.50. The zero-order chi connectivity index (χ0) is 12.4. The van der Waals surface area contributed by atoms with Gasteiger partial charge in [0.25, 0.3) is 0 Å². The van der Waals surface area contributed by atoms with Crippen LogP contribution in [0, 0.1) is 0 Å². The average molecular weight is 233 g/mol. The molecule has 0 unspecified atom stereocenters. The molecule has 0 N–H and O–H groups in total. The Hall–Kier alpha value is -1.91. The molecule has 0 atom stereocenters. The molecule has 2 rings (SSSR count). The summed E-state index contributed by atoms with van der Waals surface area (Å²) in [4.78, 5) is 16.1. The van der Waals surface area contributed by atoms with E-state index in [0.717, 1.165) is 5.69 Å². The van der Waals surface area contributed by atoms with E-state index >= 15 is 0 Å². The lowest BCUT2D eigenvalue weighted by atomic mass is 10.1. The molecule has 0 fully saturated rings. The van der Waals surface area contributed by atoms with E-state index in [2.05, 4.69) is 23.9 Å². The van der Waals surface area contributed by atoms with E-state index < -0.39 is 0 Å². The summed E-state index contributed by atoms with van der Waals surface area (Å²) >= 11 is 0. The van der Waals surface area contributed by atoms with E-state index in [-0.39, 0.29) is 5.97 Å². The first-order valence-electron chi connectivity index (χ1n) is 5.65. The zero-order valence-electron chi connectivity index (χ0n) is 10.2. The van der Waals surface area contributed by atoms with Gasteiger partial charge in [0.15, 0.2) is 5.65 Å². The molecule has 2 aromatic rings. The number of carbonyl (C=O) groups is 1. The third-order valence-electron chi connectivity index (χ3n) is 2.48. The van der Waals surface area contributed by atoms with Gasteiger partial charge in [-0.1, -0.05) is 13.8 Å². The molecule has 17 heavy (non-hydrogen) atoms. The van der Waals surface area contributed by atoms with Gasteiger partial charge in [0, 0.05) is 11.9 Å². The first kappa shape index (κ1) is 11.6. The first-order valence-corrected chi connectivity index (χ1v) is 5.65. The lowest BCUT2D eigenvalue weighted by Crippen LogP contribution is -2.06. The van der Waals surface area contributed by atoms with E-state index in [1.807, 2.05) is 6.07 Å². The van der Waals surface area contributed by atoms with Crippen molar-refractivity contribution < 1.29 is 9.53 Å². The molecule has 0 bridgehead atoms. The SMILES string of the molecule is CCOC(=O)c1cnn2ccc(C(C)C)nc12. The number of nitrogens with zero attached hydrogens (tertiary/aromatic N) is 3. The summed E-state index contributed by atoms with van der Waals surface area (Å²) in [6.45, 7) is 6.23. The van der Waals surface area contributed by atoms with Gasteiger partial charge in [0.1, 0.15) is 5.56 Å². The maximum absolute atomic E-state index is 11.7. The maximum Gasteiger partial charge on any atom is 0.343 e. The van der Waals surface area contributed by atoms with Gasteiger partial charge in [-0.15, -0.1) is 0 Å². The van der Waals surface area contributed by atoms with E-state index in [1.54, 1.807) is 17.6 Å². The largest absolute Gasteiger partial charge is 0.462 e. The summed E-state index contributed by atoms with van der Waals surface area (Å²) in [5.74, 6) is -0.0687. The fourth-order valence-electron chi connectivity index (χ4n) is 1.56. The molecular formula is C12H15N3O2. The number of hydrogen-bond acceptors (Lipinski definition) is 4. The normalized spacial score (nSPS) is 11.1. The van der Waals surface area contributed by atoms with Crippen LogP contribution in [0.15, 0.2) is 18.5 Å². The van der Waals surface area contributed by atoms with Gasteiger partial charge in [-0.05, 0) is 18.9 Å². The molecule has 0 saturated heterocycles. The minimum absolute atomic E-state index is 0.310. The quantitative estimate of drug-likeness (QED) is 0.761. The predicted octanol–water partition coefficient (Wildman–Crippen LogP) is 2.03. The summed E-state index contributed by atoms with van der Waals surface area (Å²) in [6.07, 6.45) is 3.30. The van der Waals surface area contributed by atoms with Crippen molar-refractivity contribution in [1.82, 2.24) is 14.6 Å². The minimum Gasteiger partial charge on any atom is -0.462 e. The molecular weight excluding hydrogens is 218 g/mol. The second-order valence-corrected chi connectivity index (χ2v) is 4.05. The monoisotopic (exact) mass is 233 g/mol. The lowest BCUT2D eigenvalue weighted by molar-refractivity contribution is 0.0528. The summed E-state index contributed by atoms with van der Waals surface area (Å²) in [5.41, 5.74) is 1.90. The highest BCUT2D eigenvalue weighted by molar-refractivity contribution is 5.95. The summed E-state index contributed by atoms with van der Waals surface area (Å²) in [6, 6.07) is 1.90. The minimum atomic E-state index is -0.379. The summed E-state index contributed by atoms with van der Waals surface area (Å²) < 4.78 is 6.54. The van der Waals surface area contributed by atoms with Crippen molar-refractivity contribution in [1.29, 1.82) is 0 Å². The number of fused-ring (bicyclic) bond motifs is 1. The Morgan fingerprint density at radius 1 is 1.53 bits per heavy atom. The van der Waals surface area contributed by atoms with Crippen LogP contribution >= 0.6 is 0 Å². The van der Waals surface area contributed by atoms with Crippen LogP contribution < -0.4 is 0 Å². The molecule has 90 valence electrons. The molecule has 0 spiro atoms. The number of rotatable bonds is 3. The number of ether oxygens (including phenoxy) is 1. The van der Waals surface area contributed by atoms with Crippen molar-refractivity contribution >= 4 is 11.6 Å². The average Bonchev–Trinajstić information content (AvgIpc) is 2.71. The van der Waals surface area contributed by atoms with Gasteiger partial charge in [0.05, 0.1) is 12.8 Å². The van der Waals surface area contributed by atoms with E-state index in [1.165, 1.54) is 6.20 Å². The lowest BCUT2D eigenvalue weighted by Gasteiger charge is -2.05. The van der Waals surface area contributed by atoms with Crippen molar-refractivity contribution in [3.8, 4) is 0 Å². The Morgan fingerprint density at radius 2 is 2.29 bits per heavy atom. The third-order valence-corrected chi connectivity index (χ3v) is 2.48. The van der Waals surface area contributed by atoms with Crippen LogP contribution in [0.25, 0.3) is 5.65 Å². The van der Waals surface area contributed by atoms with Crippen LogP contribution in [0.4, 0.5) is 0 Å². The second kappa shape index (κ2) is 4.53. The predicted molar refractivity (Wildman–Crippen MR) is 63.0 cm³/mol. The van der Waals surface area contributed by atoms with Crippen molar-refractivity contribution in [3.05, 3.63) is 29.7 Å². The van der Waals surface area contributed by atoms with Crippen LogP contribution in [0.1, 0.15) is 42.7 Å². The zero-order valence-corrected chi connectivity index (χ0v) is 10.2. The molecule has 0 aliphatic rings. The summed E-state index contributed by atoms with van der Waals surface area (Å²) in [7, 11) is 0. The number of carbonyl (C=O) groups excluding carboxylic acids is 1. The Morgan fingerprint density at radius 3 is 2.94 bits per heavy atom. The van der Waals surface area contributed by atoms with Crippen LogP contribution in [-0.2, 0) is 4.74 Å². The van der Waals surface area contributed by atoms with Crippen LogP contribution in [0.3, 0.4) is 0 Å². The van der Waals surface area contributed by atoms with E-state index in [4.69, 9.17) is 4.74 Å². The number of esters is 1. The molecule has 0 aliphatic carbocycles. The molecule has 0 radical (unpaired) electrons. The Kier molecular flexibility index (Phi) is 3.08. The van der Waals surface area contributed by atoms with Crippen molar-refractivity contribution in [2.45, 2.75) is 26.7 Å². The molecule has 2 heterocycles. The fourth-order valence-corrected chi connectivity index (χ4v) is 1.56. The van der Waals surface area contributed by atoms with Crippen LogP contribution in [0.5, 0.6) is 0 Å². The van der Waals surface area contributed by atoms with Crippen LogP contribution in [0.2, 0.25) is 0 Å². The highest BCUT2D eigenvalue weighted by Crippen LogP contribution is 2.15. The Bertz CT molecular complexity index is 546. The smallest absolute Gasteiger partial charge is 0.343 e. The Labute approximate surface area is 99.4 Å². The molecule has 2 aromatic heterocycles. The van der Waals surface area contributed by atoms with Gasteiger partial charge in [-0.25, -0.2) is 14.3 Å². The van der Waals surface area contributed by atoms with Crippen molar-refractivity contribution in [2.75, 3.05) is 6.61 Å². The molecule has 0 aliphatic heterocycles. The van der Waals surface area contributed by atoms with Gasteiger partial charge in [0.2, 0.25) is 0 Å². The fraction of sp³-hybridized carbons (Fsp3) is 0.417. The van der Waals surface area contributed by atoms with E-state index in [9.17, 15) is 4.79 Å². The highest BCUT2D eigenvalue weighted by Gasteiger charge is 2.15. The van der Waals surface area contributed by atoms with Gasteiger partial charge < -0.3 is 4.74 Å². The maximum atomic E-state index is 11.7. The van der Waals surface area contributed by atoms with Crippen molar-refractivity contribution in [3.63, 3.8) is 0 Å². The molecule has 0 saturated carbocycles. The second-order valence-electron chi connectivity index (χ2n) is 4.05.